The van der Waals surface area contributed by atoms with E-state index in [1.807, 2.05) is 29.6 Å². The lowest BCUT2D eigenvalue weighted by atomic mass is 10.0. The Hall–Kier alpha value is -3.73. The lowest BCUT2D eigenvalue weighted by molar-refractivity contribution is -0.123. The van der Waals surface area contributed by atoms with Gasteiger partial charge in [0.05, 0.1) is 0 Å². The third-order valence-corrected chi connectivity index (χ3v) is 5.87. The lowest BCUT2D eigenvalue weighted by Gasteiger charge is -2.18. The van der Waals surface area contributed by atoms with Crippen LogP contribution in [-0.2, 0) is 13.0 Å². The Balaban J connectivity index is 1.42. The van der Waals surface area contributed by atoms with E-state index < -0.39 is 18.6 Å². The van der Waals surface area contributed by atoms with Crippen LogP contribution in [0, 0.1) is 0 Å². The van der Waals surface area contributed by atoms with Crippen LogP contribution >= 0.6 is 0 Å². The third-order valence-electron chi connectivity index (χ3n) is 5.87. The maximum atomic E-state index is 12.6. The average molecular weight is 483 g/mol. The molecule has 0 atom stereocenters. The van der Waals surface area contributed by atoms with Gasteiger partial charge in [-0.1, -0.05) is 6.07 Å². The van der Waals surface area contributed by atoms with Crippen LogP contribution in [0.3, 0.4) is 0 Å². The fourth-order valence-electron chi connectivity index (χ4n) is 3.93. The molecule has 1 amide bonds. The van der Waals surface area contributed by atoms with Crippen LogP contribution in [0.15, 0.2) is 42.7 Å². The highest BCUT2D eigenvalue weighted by Crippen LogP contribution is 2.39. The van der Waals surface area contributed by atoms with Crippen LogP contribution in [0.5, 0.6) is 0 Å². The molecule has 2 aliphatic rings. The van der Waals surface area contributed by atoms with Gasteiger partial charge >= 0.3 is 6.18 Å². The lowest BCUT2D eigenvalue weighted by Crippen LogP contribution is -2.34. The summed E-state index contributed by atoms with van der Waals surface area (Å²) in [5.41, 5.74) is 4.68. The number of anilines is 4. The topological polar surface area (TPSA) is 104 Å². The molecule has 3 aromatic rings. The van der Waals surface area contributed by atoms with E-state index in [-0.39, 0.29) is 17.3 Å². The second-order valence-electron chi connectivity index (χ2n) is 8.66. The normalized spacial score (nSPS) is 15.3. The predicted octanol–water partition coefficient (Wildman–Crippen LogP) is 4.17. The molecule has 3 heterocycles. The predicted molar refractivity (Wildman–Crippen MR) is 125 cm³/mol. The Bertz CT molecular complexity index is 1240. The fourth-order valence-corrected chi connectivity index (χ4v) is 3.93. The number of alkyl halides is 3. The largest absolute Gasteiger partial charge is 0.405 e. The maximum absolute atomic E-state index is 12.6. The molecule has 8 nitrogen and oxygen atoms in total. The van der Waals surface area contributed by atoms with Crippen molar-refractivity contribution in [3.63, 3.8) is 0 Å². The number of amides is 1. The number of carbonyl (C=O) groups is 1. The number of carbonyl (C=O) groups excluding carboxylic acids is 1. The van der Waals surface area contributed by atoms with Gasteiger partial charge in [0.1, 0.15) is 17.9 Å². The molecular weight excluding hydrogens is 459 g/mol. The Morgan fingerprint density at radius 2 is 1.89 bits per heavy atom. The highest BCUT2D eigenvalue weighted by atomic mass is 19.4. The fraction of sp³-hybridized carbons (Fsp3) is 0.333. The van der Waals surface area contributed by atoms with Crippen molar-refractivity contribution in [2.24, 2.45) is 0 Å². The number of hydrogen-bond donors (Lipinski definition) is 4. The number of halogens is 3. The van der Waals surface area contributed by atoms with Crippen molar-refractivity contribution in [2.75, 3.05) is 23.7 Å². The average Bonchev–Trinajstić information content (AvgIpc) is 3.68. The van der Waals surface area contributed by atoms with Crippen LogP contribution in [-0.4, -0.2) is 40.1 Å². The van der Waals surface area contributed by atoms with E-state index in [1.165, 1.54) is 17.3 Å². The van der Waals surface area contributed by atoms with Crippen LogP contribution in [0.4, 0.5) is 36.3 Å². The van der Waals surface area contributed by atoms with Crippen LogP contribution < -0.4 is 21.3 Å². The van der Waals surface area contributed by atoms with Gasteiger partial charge in [-0.05, 0) is 61.2 Å². The molecule has 0 unspecified atom stereocenters. The molecular formula is C24H24F3N7O. The minimum Gasteiger partial charge on any atom is -0.343 e. The smallest absolute Gasteiger partial charge is 0.343 e. The first kappa shape index (κ1) is 23.0. The van der Waals surface area contributed by atoms with Gasteiger partial charge < -0.3 is 21.3 Å². The first-order valence-corrected chi connectivity index (χ1v) is 11.4. The number of hydrogen-bond acceptors (Lipinski definition) is 7. The molecule has 0 spiro atoms. The number of aromatic nitrogens is 3. The summed E-state index contributed by atoms with van der Waals surface area (Å²) >= 11 is 0. The molecule has 35 heavy (non-hydrogen) atoms. The molecule has 4 N–H and O–H groups in total. The number of fused-ring (bicyclic) bond motifs is 1. The van der Waals surface area contributed by atoms with E-state index in [2.05, 4.69) is 30.9 Å². The number of nitrogens with zero attached hydrogens (tertiary/aromatic N) is 3. The van der Waals surface area contributed by atoms with E-state index in [0.29, 0.717) is 11.6 Å². The number of nitrogens with one attached hydrogen (secondary N) is 4. The van der Waals surface area contributed by atoms with Crippen molar-refractivity contribution in [1.82, 2.24) is 25.6 Å². The van der Waals surface area contributed by atoms with E-state index in [0.717, 1.165) is 43.7 Å². The second-order valence-corrected chi connectivity index (χ2v) is 8.66. The van der Waals surface area contributed by atoms with E-state index in [1.54, 1.807) is 12.3 Å². The van der Waals surface area contributed by atoms with Gasteiger partial charge in [-0.2, -0.15) is 18.2 Å². The Labute approximate surface area is 199 Å². The molecule has 1 aliphatic heterocycles. The summed E-state index contributed by atoms with van der Waals surface area (Å²) < 4.78 is 37.9. The van der Waals surface area contributed by atoms with E-state index in [9.17, 15) is 18.0 Å². The molecule has 1 saturated carbocycles. The number of rotatable bonds is 7. The Morgan fingerprint density at radius 1 is 1.06 bits per heavy atom. The monoisotopic (exact) mass is 483 g/mol. The van der Waals surface area contributed by atoms with Crippen molar-refractivity contribution >= 4 is 29.0 Å². The summed E-state index contributed by atoms with van der Waals surface area (Å²) in [5, 5.41) is 11.4. The molecule has 0 radical (unpaired) electrons. The first-order valence-electron chi connectivity index (χ1n) is 11.4. The molecule has 1 aliphatic carbocycles. The highest BCUT2D eigenvalue weighted by molar-refractivity contribution is 5.99. The Morgan fingerprint density at radius 3 is 2.69 bits per heavy atom. The summed E-state index contributed by atoms with van der Waals surface area (Å²) in [5.74, 6) is -0.213. The molecule has 2 aromatic heterocycles. The SMILES string of the molecule is O=C(NCC(F)(F)F)c1cnc(Nc2ccc3c(c2)CNCC3)nc1Nc1ccnc(C2CC2)c1. The molecule has 1 fully saturated rings. The van der Waals surface area contributed by atoms with Gasteiger partial charge in [-0.25, -0.2) is 4.98 Å². The molecule has 0 saturated heterocycles. The zero-order valence-electron chi connectivity index (χ0n) is 18.7. The minimum atomic E-state index is -4.53. The number of pyridine rings is 1. The Kier molecular flexibility index (Phi) is 6.25. The van der Waals surface area contributed by atoms with Crippen LogP contribution in [0.25, 0.3) is 0 Å². The van der Waals surface area contributed by atoms with Gasteiger partial charge in [0.2, 0.25) is 5.95 Å². The highest BCUT2D eigenvalue weighted by Gasteiger charge is 2.29. The van der Waals surface area contributed by atoms with Gasteiger partial charge in [-0.3, -0.25) is 9.78 Å². The van der Waals surface area contributed by atoms with Crippen LogP contribution in [0.2, 0.25) is 0 Å². The summed E-state index contributed by atoms with van der Waals surface area (Å²) in [6.45, 7) is 0.255. The zero-order chi connectivity index (χ0) is 24.4. The quantitative estimate of drug-likeness (QED) is 0.400. The van der Waals surface area contributed by atoms with E-state index in [4.69, 9.17) is 0 Å². The zero-order valence-corrected chi connectivity index (χ0v) is 18.7. The molecule has 182 valence electrons. The van der Waals surface area contributed by atoms with E-state index >= 15 is 0 Å². The molecule has 5 rings (SSSR count). The summed E-state index contributed by atoms with van der Waals surface area (Å²) in [6.07, 6.45) is 1.43. The summed E-state index contributed by atoms with van der Waals surface area (Å²) in [4.78, 5) is 25.5. The standard InChI is InChI=1S/C24H24F3N7O/c25-24(26,27)13-31-22(35)19-12-30-23(33-17-4-3-14-5-7-28-11-16(14)9-17)34-21(19)32-18-6-8-29-20(10-18)15-1-2-15/h3-4,6,8-10,12,15,28H,1-2,5,7,11,13H2,(H,31,35)(H2,29,30,32,33,34). The van der Waals surface area contributed by atoms with Crippen molar-refractivity contribution in [3.05, 3.63) is 65.1 Å². The summed E-state index contributed by atoms with van der Waals surface area (Å²) in [7, 11) is 0. The first-order chi connectivity index (χ1) is 16.8. The van der Waals surface area contributed by atoms with Gasteiger partial charge in [0, 0.05) is 41.9 Å². The van der Waals surface area contributed by atoms with Gasteiger partial charge in [0.25, 0.3) is 5.91 Å². The van der Waals surface area contributed by atoms with Crippen LogP contribution in [0.1, 0.15) is 45.9 Å². The van der Waals surface area contributed by atoms with Crippen molar-refractivity contribution in [3.8, 4) is 0 Å². The molecule has 11 heteroatoms. The van der Waals surface area contributed by atoms with Gasteiger partial charge in [-0.15, -0.1) is 0 Å². The second kappa shape index (κ2) is 9.49. The maximum Gasteiger partial charge on any atom is 0.405 e. The molecule has 0 bridgehead atoms. The van der Waals surface area contributed by atoms with Gasteiger partial charge in [0.15, 0.2) is 0 Å². The van der Waals surface area contributed by atoms with Crippen molar-refractivity contribution in [1.29, 1.82) is 0 Å². The third kappa shape index (κ3) is 5.86. The minimum absolute atomic E-state index is 0.0924. The molecule has 1 aromatic carbocycles. The van der Waals surface area contributed by atoms with Crippen molar-refractivity contribution in [2.45, 2.75) is 37.9 Å². The number of benzene rings is 1. The van der Waals surface area contributed by atoms with Crippen molar-refractivity contribution < 1.29 is 18.0 Å². The summed E-state index contributed by atoms with van der Waals surface area (Å²) in [6, 6.07) is 9.56.